The van der Waals surface area contributed by atoms with Crippen molar-refractivity contribution in [3.8, 4) is 11.1 Å². The van der Waals surface area contributed by atoms with E-state index in [1.54, 1.807) is 5.57 Å². The minimum absolute atomic E-state index is 0.253. The molecule has 3 unspecified atom stereocenters. The molecular formula is C49H41N. The zero-order chi connectivity index (χ0) is 33.3. The summed E-state index contributed by atoms with van der Waals surface area (Å²) in [6, 6.07) is 49.6. The third-order valence-electron chi connectivity index (χ3n) is 11.2. The van der Waals surface area contributed by atoms with Crippen LogP contribution >= 0.6 is 0 Å². The van der Waals surface area contributed by atoms with Crippen molar-refractivity contribution in [3.05, 3.63) is 216 Å². The summed E-state index contributed by atoms with van der Waals surface area (Å²) in [5, 5.41) is 0. The summed E-state index contributed by atoms with van der Waals surface area (Å²) < 4.78 is 0. The summed E-state index contributed by atoms with van der Waals surface area (Å²) in [4.78, 5) is 2.44. The van der Waals surface area contributed by atoms with Crippen molar-refractivity contribution in [2.45, 2.75) is 31.1 Å². The molecule has 0 saturated heterocycles. The zero-order valence-electron chi connectivity index (χ0n) is 28.3. The van der Waals surface area contributed by atoms with Crippen molar-refractivity contribution in [2.75, 3.05) is 4.90 Å². The van der Waals surface area contributed by atoms with Crippen LogP contribution in [0.4, 0.5) is 17.1 Å². The number of benzene rings is 5. The van der Waals surface area contributed by atoms with E-state index in [2.05, 4.69) is 193 Å². The second-order valence-corrected chi connectivity index (χ2v) is 13.9. The van der Waals surface area contributed by atoms with Gasteiger partial charge in [0.25, 0.3) is 0 Å². The Morgan fingerprint density at radius 1 is 0.520 bits per heavy atom. The Kier molecular flexibility index (Phi) is 7.90. The van der Waals surface area contributed by atoms with Crippen LogP contribution in [0.25, 0.3) is 16.7 Å². The smallest absolute Gasteiger partial charge is 0.0489 e. The third-order valence-corrected chi connectivity index (χ3v) is 11.2. The second-order valence-electron chi connectivity index (χ2n) is 13.9. The first-order chi connectivity index (χ1) is 24.8. The molecule has 0 bridgehead atoms. The van der Waals surface area contributed by atoms with Gasteiger partial charge in [0, 0.05) is 34.3 Å². The van der Waals surface area contributed by atoms with Crippen LogP contribution in [-0.4, -0.2) is 0 Å². The Morgan fingerprint density at radius 3 is 1.92 bits per heavy atom. The first kappa shape index (κ1) is 30.4. The monoisotopic (exact) mass is 643 g/mol. The van der Waals surface area contributed by atoms with E-state index in [-0.39, 0.29) is 5.41 Å². The fourth-order valence-electron chi connectivity index (χ4n) is 8.98. The molecule has 5 aromatic rings. The van der Waals surface area contributed by atoms with Crippen molar-refractivity contribution in [1.29, 1.82) is 0 Å². The maximum atomic E-state index is 2.48. The van der Waals surface area contributed by atoms with Crippen LogP contribution in [0.2, 0.25) is 0 Å². The van der Waals surface area contributed by atoms with Crippen LogP contribution in [0.5, 0.6) is 0 Å². The molecule has 0 saturated carbocycles. The highest BCUT2D eigenvalue weighted by Crippen LogP contribution is 2.60. The minimum atomic E-state index is -0.253. The molecule has 0 aliphatic heterocycles. The molecule has 0 fully saturated rings. The topological polar surface area (TPSA) is 3.24 Å². The van der Waals surface area contributed by atoms with E-state index in [9.17, 15) is 0 Å². The largest absolute Gasteiger partial charge is 0.310 e. The van der Waals surface area contributed by atoms with Crippen LogP contribution in [0, 0.1) is 11.8 Å². The molecule has 0 aromatic heterocycles. The number of nitrogens with zero attached hydrogens (tertiary/aromatic N) is 1. The molecule has 9 rings (SSSR count). The van der Waals surface area contributed by atoms with Gasteiger partial charge in [0.2, 0.25) is 0 Å². The lowest BCUT2D eigenvalue weighted by atomic mass is 9.61. The summed E-state index contributed by atoms with van der Waals surface area (Å²) in [6.07, 6.45) is 25.3. The van der Waals surface area contributed by atoms with Gasteiger partial charge in [0.15, 0.2) is 0 Å². The second kappa shape index (κ2) is 13.0. The Bertz CT molecular complexity index is 2190. The molecule has 0 N–H and O–H groups in total. The third kappa shape index (κ3) is 5.17. The molecule has 1 nitrogen and oxygen atoms in total. The molecule has 0 heterocycles. The Morgan fingerprint density at radius 2 is 1.18 bits per heavy atom. The summed E-state index contributed by atoms with van der Waals surface area (Å²) in [6.45, 7) is 0. The summed E-state index contributed by atoms with van der Waals surface area (Å²) in [7, 11) is 0. The van der Waals surface area contributed by atoms with Crippen molar-refractivity contribution in [2.24, 2.45) is 11.8 Å². The van der Waals surface area contributed by atoms with Gasteiger partial charge in [-0.05, 0) is 101 Å². The zero-order valence-corrected chi connectivity index (χ0v) is 28.3. The molecule has 0 spiro atoms. The van der Waals surface area contributed by atoms with Gasteiger partial charge in [-0.15, -0.1) is 0 Å². The maximum Gasteiger partial charge on any atom is 0.0489 e. The number of hydrogen-bond acceptors (Lipinski definition) is 1. The highest BCUT2D eigenvalue weighted by molar-refractivity contribution is 5.80. The number of hydrogen-bond donors (Lipinski definition) is 0. The van der Waals surface area contributed by atoms with Crippen molar-refractivity contribution < 1.29 is 0 Å². The van der Waals surface area contributed by atoms with Crippen molar-refractivity contribution in [3.63, 3.8) is 0 Å². The molecule has 242 valence electrons. The van der Waals surface area contributed by atoms with Crippen LogP contribution in [0.15, 0.2) is 199 Å². The van der Waals surface area contributed by atoms with Gasteiger partial charge in [-0.3, -0.25) is 0 Å². The van der Waals surface area contributed by atoms with E-state index in [1.165, 1.54) is 44.7 Å². The fourth-order valence-corrected chi connectivity index (χ4v) is 8.98. The molecule has 1 heteroatoms. The van der Waals surface area contributed by atoms with Gasteiger partial charge < -0.3 is 4.90 Å². The SMILES string of the molecule is C1=CCCC(c2ccc(N(c3ccc(-c4ccccc4)cc3)c3cccc(C4(c5ccccc5)C5=C(C=CCC5)C5C=CC=CC54)c3)cc2)=C1. The number of allylic oxidation sites excluding steroid dienone is 12. The predicted molar refractivity (Wildman–Crippen MR) is 211 cm³/mol. The number of anilines is 3. The average molecular weight is 644 g/mol. The molecule has 0 radical (unpaired) electrons. The predicted octanol–water partition coefficient (Wildman–Crippen LogP) is 12.9. The van der Waals surface area contributed by atoms with Gasteiger partial charge in [-0.25, -0.2) is 0 Å². The Labute approximate surface area is 296 Å². The van der Waals surface area contributed by atoms with Crippen molar-refractivity contribution >= 4 is 22.6 Å². The van der Waals surface area contributed by atoms with Gasteiger partial charge >= 0.3 is 0 Å². The van der Waals surface area contributed by atoms with Crippen LogP contribution in [0.3, 0.4) is 0 Å². The highest BCUT2D eigenvalue weighted by Gasteiger charge is 2.53. The van der Waals surface area contributed by atoms with Gasteiger partial charge in [-0.1, -0.05) is 157 Å². The van der Waals surface area contributed by atoms with E-state index in [0.717, 1.165) is 37.1 Å². The molecule has 4 aliphatic carbocycles. The van der Waals surface area contributed by atoms with Gasteiger partial charge in [-0.2, -0.15) is 0 Å². The number of fused-ring (bicyclic) bond motifs is 2. The highest BCUT2D eigenvalue weighted by atomic mass is 15.1. The summed E-state index contributed by atoms with van der Waals surface area (Å²) in [5.41, 5.74) is 14.2. The quantitative estimate of drug-likeness (QED) is 0.171. The minimum Gasteiger partial charge on any atom is -0.310 e. The van der Waals surface area contributed by atoms with Crippen LogP contribution in [0.1, 0.15) is 42.4 Å². The lowest BCUT2D eigenvalue weighted by molar-refractivity contribution is 0.417. The maximum absolute atomic E-state index is 2.48. The van der Waals surface area contributed by atoms with Crippen molar-refractivity contribution in [1.82, 2.24) is 0 Å². The summed E-state index contributed by atoms with van der Waals surface area (Å²) in [5.74, 6) is 0.683. The molecule has 50 heavy (non-hydrogen) atoms. The van der Waals surface area contributed by atoms with E-state index >= 15 is 0 Å². The van der Waals surface area contributed by atoms with Crippen LogP contribution in [-0.2, 0) is 5.41 Å². The molecule has 0 amide bonds. The van der Waals surface area contributed by atoms with E-state index in [1.807, 2.05) is 0 Å². The summed E-state index contributed by atoms with van der Waals surface area (Å²) >= 11 is 0. The van der Waals surface area contributed by atoms with E-state index in [4.69, 9.17) is 0 Å². The first-order valence-corrected chi connectivity index (χ1v) is 18.1. The Hall–Kier alpha value is -5.66. The lowest BCUT2D eigenvalue weighted by Crippen LogP contribution is -2.37. The number of rotatable bonds is 7. The van der Waals surface area contributed by atoms with E-state index in [0.29, 0.717) is 11.8 Å². The first-order valence-electron chi connectivity index (χ1n) is 18.1. The fraction of sp³-hybridized carbons (Fsp3) is 0.143. The van der Waals surface area contributed by atoms with E-state index < -0.39 is 0 Å². The molecule has 4 aliphatic rings. The van der Waals surface area contributed by atoms with Gasteiger partial charge in [0.1, 0.15) is 0 Å². The van der Waals surface area contributed by atoms with Crippen LogP contribution < -0.4 is 4.90 Å². The normalized spacial score (nSPS) is 21.9. The Balaban J connectivity index is 1.21. The molecule has 5 aromatic carbocycles. The average Bonchev–Trinajstić information content (AvgIpc) is 3.51. The lowest BCUT2D eigenvalue weighted by Gasteiger charge is -2.41. The molecule has 3 atom stereocenters. The van der Waals surface area contributed by atoms with Gasteiger partial charge in [0.05, 0.1) is 0 Å². The molecular weight excluding hydrogens is 603 g/mol. The standard InChI is InChI=1S/C49H41N/c1-4-15-36(16-5-1)38-27-31-42(32-28-38)50(43-33-29-39(30-34-43)37-17-6-2-7-18-37)44-22-14-21-41(35-44)49(40-19-8-3-9-20-40)47-25-12-10-23-45(47)46-24-11-13-26-48(46)49/h1-6,8-12,14-17,19-25,27-35,45,47H,7,13,18,26H2.